The van der Waals surface area contributed by atoms with Gasteiger partial charge >= 0.3 is 6.61 Å². The summed E-state index contributed by atoms with van der Waals surface area (Å²) in [5.74, 6) is 0.00290. The summed E-state index contributed by atoms with van der Waals surface area (Å²) in [4.78, 5) is 12.0. The fourth-order valence-corrected chi connectivity index (χ4v) is 1.87. The lowest BCUT2D eigenvalue weighted by molar-refractivity contribution is -0.0498. The van der Waals surface area contributed by atoms with Crippen LogP contribution in [0.3, 0.4) is 0 Å². The molecule has 2 aromatic carbocycles. The number of alkyl halides is 2. The zero-order chi connectivity index (χ0) is 16.8. The Kier molecular flexibility index (Phi) is 5.30. The Hall–Kier alpha value is -2.89. The fraction of sp³-hybridized carbons (Fsp3) is 0.118. The maximum Gasteiger partial charge on any atom is 0.387 e. The van der Waals surface area contributed by atoms with Crippen LogP contribution in [0.1, 0.15) is 15.9 Å². The second kappa shape index (κ2) is 7.40. The molecule has 0 bridgehead atoms. The summed E-state index contributed by atoms with van der Waals surface area (Å²) >= 11 is 0. The van der Waals surface area contributed by atoms with Crippen molar-refractivity contribution in [3.8, 4) is 17.2 Å². The van der Waals surface area contributed by atoms with Gasteiger partial charge in [0.25, 0.3) is 0 Å². The highest BCUT2D eigenvalue weighted by Gasteiger charge is 2.06. The highest BCUT2D eigenvalue weighted by Crippen LogP contribution is 2.26. The van der Waals surface area contributed by atoms with E-state index in [0.717, 1.165) is 0 Å². The van der Waals surface area contributed by atoms with Gasteiger partial charge in [-0.15, -0.1) is 0 Å². The van der Waals surface area contributed by atoms with Gasteiger partial charge in [0, 0.05) is 5.56 Å². The molecule has 2 rings (SSSR count). The van der Waals surface area contributed by atoms with Crippen molar-refractivity contribution < 1.29 is 28.2 Å². The zero-order valence-corrected chi connectivity index (χ0v) is 12.2. The van der Waals surface area contributed by atoms with Gasteiger partial charge in [0.05, 0.1) is 7.11 Å². The minimum atomic E-state index is -2.90. The normalized spacial score (nSPS) is 11.0. The Morgan fingerprint density at radius 2 is 1.87 bits per heavy atom. The molecule has 0 saturated heterocycles. The summed E-state index contributed by atoms with van der Waals surface area (Å²) in [5, 5.41) is 9.50. The number of aromatic hydroxyl groups is 1. The van der Waals surface area contributed by atoms with Crippen LogP contribution < -0.4 is 9.47 Å². The first-order valence-corrected chi connectivity index (χ1v) is 6.64. The molecule has 2 aromatic rings. The number of hydrogen-bond donors (Lipinski definition) is 1. The van der Waals surface area contributed by atoms with E-state index in [4.69, 9.17) is 4.74 Å². The molecule has 0 aliphatic rings. The first kappa shape index (κ1) is 16.5. The van der Waals surface area contributed by atoms with E-state index in [2.05, 4.69) is 4.74 Å². The molecule has 0 aliphatic heterocycles. The summed E-state index contributed by atoms with van der Waals surface area (Å²) < 4.78 is 33.3. The Morgan fingerprint density at radius 1 is 1.17 bits per heavy atom. The van der Waals surface area contributed by atoms with Crippen LogP contribution >= 0.6 is 0 Å². The maximum atomic E-state index is 12.0. The molecule has 120 valence electrons. The lowest BCUT2D eigenvalue weighted by atomic mass is 10.1. The predicted molar refractivity (Wildman–Crippen MR) is 81.1 cm³/mol. The number of halogens is 2. The van der Waals surface area contributed by atoms with Crippen LogP contribution in [0.4, 0.5) is 8.78 Å². The van der Waals surface area contributed by atoms with Crippen LogP contribution in [0.2, 0.25) is 0 Å². The van der Waals surface area contributed by atoms with Crippen molar-refractivity contribution in [3.05, 3.63) is 59.7 Å². The second-order valence-corrected chi connectivity index (χ2v) is 4.53. The van der Waals surface area contributed by atoms with Gasteiger partial charge in [-0.05, 0) is 48.0 Å². The largest absolute Gasteiger partial charge is 0.504 e. The van der Waals surface area contributed by atoms with E-state index >= 15 is 0 Å². The topological polar surface area (TPSA) is 55.8 Å². The molecule has 0 unspecified atom stereocenters. The molecule has 23 heavy (non-hydrogen) atoms. The van der Waals surface area contributed by atoms with Gasteiger partial charge in [-0.1, -0.05) is 12.1 Å². The number of carbonyl (C=O) groups excluding carboxylic acids is 1. The predicted octanol–water partition coefficient (Wildman–Crippen LogP) is 3.90. The standard InChI is InChI=1S/C17H14F2O4/c1-22-16-10-11(3-9-15(16)21)2-8-14(20)12-4-6-13(7-5-12)23-17(18)19/h2-10,17,21H,1H3/b8-2+. The van der Waals surface area contributed by atoms with Gasteiger partial charge in [0.2, 0.25) is 0 Å². The zero-order valence-electron chi connectivity index (χ0n) is 12.2. The van der Waals surface area contributed by atoms with Crippen molar-refractivity contribution in [3.63, 3.8) is 0 Å². The molecule has 6 heteroatoms. The number of rotatable bonds is 6. The van der Waals surface area contributed by atoms with E-state index in [1.165, 1.54) is 43.5 Å². The molecule has 0 fully saturated rings. The lowest BCUT2D eigenvalue weighted by Crippen LogP contribution is -2.02. The maximum absolute atomic E-state index is 12.0. The second-order valence-electron chi connectivity index (χ2n) is 4.53. The van der Waals surface area contributed by atoms with Gasteiger partial charge in [0.15, 0.2) is 17.3 Å². The smallest absolute Gasteiger partial charge is 0.387 e. The molecule has 0 radical (unpaired) electrons. The Bertz CT molecular complexity index is 709. The van der Waals surface area contributed by atoms with Gasteiger partial charge in [-0.2, -0.15) is 8.78 Å². The molecule has 0 saturated carbocycles. The molecular weight excluding hydrogens is 306 g/mol. The minimum Gasteiger partial charge on any atom is -0.504 e. The first-order valence-electron chi connectivity index (χ1n) is 6.64. The van der Waals surface area contributed by atoms with Crippen LogP contribution in [0.5, 0.6) is 17.2 Å². The first-order chi connectivity index (χ1) is 11.0. The highest BCUT2D eigenvalue weighted by atomic mass is 19.3. The van der Waals surface area contributed by atoms with Crippen molar-refractivity contribution >= 4 is 11.9 Å². The summed E-state index contributed by atoms with van der Waals surface area (Å²) in [6.45, 7) is -2.90. The third-order valence-electron chi connectivity index (χ3n) is 2.99. The number of phenols is 1. The molecule has 1 N–H and O–H groups in total. The Morgan fingerprint density at radius 3 is 2.48 bits per heavy atom. The number of allylic oxidation sites excluding steroid dienone is 1. The number of benzene rings is 2. The molecule has 0 aliphatic carbocycles. The van der Waals surface area contributed by atoms with E-state index < -0.39 is 6.61 Å². The quantitative estimate of drug-likeness (QED) is 0.648. The molecule has 0 amide bonds. The summed E-state index contributed by atoms with van der Waals surface area (Å²) in [6, 6.07) is 10.1. The number of phenolic OH excluding ortho intramolecular Hbond substituents is 1. The van der Waals surface area contributed by atoms with Crippen molar-refractivity contribution in [2.24, 2.45) is 0 Å². The summed E-state index contributed by atoms with van der Waals surface area (Å²) in [7, 11) is 1.43. The summed E-state index contributed by atoms with van der Waals surface area (Å²) in [5.41, 5.74) is 1.01. The van der Waals surface area contributed by atoms with Crippen LogP contribution in [0.25, 0.3) is 6.08 Å². The van der Waals surface area contributed by atoms with Crippen molar-refractivity contribution in [2.45, 2.75) is 6.61 Å². The monoisotopic (exact) mass is 320 g/mol. The van der Waals surface area contributed by atoms with Crippen LogP contribution in [0, 0.1) is 0 Å². The van der Waals surface area contributed by atoms with E-state index in [0.29, 0.717) is 16.9 Å². The van der Waals surface area contributed by atoms with Gasteiger partial charge in [0.1, 0.15) is 5.75 Å². The molecular formula is C17H14F2O4. The van der Waals surface area contributed by atoms with Crippen molar-refractivity contribution in [1.82, 2.24) is 0 Å². The number of ether oxygens (including phenoxy) is 2. The number of carbonyl (C=O) groups is 1. The molecule has 0 spiro atoms. The lowest BCUT2D eigenvalue weighted by Gasteiger charge is -2.04. The van der Waals surface area contributed by atoms with Gasteiger partial charge < -0.3 is 14.6 Å². The fourth-order valence-electron chi connectivity index (χ4n) is 1.87. The molecule has 0 atom stereocenters. The molecule has 0 heterocycles. The SMILES string of the molecule is COc1cc(/C=C/C(=O)c2ccc(OC(F)F)cc2)ccc1O. The van der Waals surface area contributed by atoms with Crippen LogP contribution in [0.15, 0.2) is 48.5 Å². The average Bonchev–Trinajstić information content (AvgIpc) is 2.54. The Labute approximate surface area is 131 Å². The number of hydrogen-bond acceptors (Lipinski definition) is 4. The third kappa shape index (κ3) is 4.54. The van der Waals surface area contributed by atoms with E-state index in [9.17, 15) is 18.7 Å². The molecule has 4 nitrogen and oxygen atoms in total. The van der Waals surface area contributed by atoms with E-state index in [1.807, 2.05) is 0 Å². The minimum absolute atomic E-state index is 0.00518. The van der Waals surface area contributed by atoms with Gasteiger partial charge in [-0.25, -0.2) is 0 Å². The van der Waals surface area contributed by atoms with Gasteiger partial charge in [-0.3, -0.25) is 4.79 Å². The molecule has 0 aromatic heterocycles. The van der Waals surface area contributed by atoms with Crippen LogP contribution in [-0.2, 0) is 0 Å². The number of ketones is 1. The average molecular weight is 320 g/mol. The van der Waals surface area contributed by atoms with Crippen LogP contribution in [-0.4, -0.2) is 24.6 Å². The number of methoxy groups -OCH3 is 1. The third-order valence-corrected chi connectivity index (χ3v) is 2.99. The van der Waals surface area contributed by atoms with E-state index in [-0.39, 0.29) is 17.3 Å². The Balaban J connectivity index is 2.09. The highest BCUT2D eigenvalue weighted by molar-refractivity contribution is 6.06. The van der Waals surface area contributed by atoms with Crippen molar-refractivity contribution in [1.29, 1.82) is 0 Å². The van der Waals surface area contributed by atoms with E-state index in [1.54, 1.807) is 18.2 Å². The summed E-state index contributed by atoms with van der Waals surface area (Å²) in [6.07, 6.45) is 2.91. The van der Waals surface area contributed by atoms with Crippen molar-refractivity contribution in [2.75, 3.05) is 7.11 Å².